The van der Waals surface area contributed by atoms with Crippen molar-refractivity contribution in [1.82, 2.24) is 9.78 Å². The smallest absolute Gasteiger partial charge is 0.120 e. The lowest BCUT2D eigenvalue weighted by atomic mass is 10.2. The second kappa shape index (κ2) is 6.46. The van der Waals surface area contributed by atoms with Crippen molar-refractivity contribution >= 4 is 5.69 Å². The minimum atomic E-state index is 0.202. The largest absolute Gasteiger partial charge is 0.491 e. The monoisotopic (exact) mass is 273 g/mol. The van der Waals surface area contributed by atoms with Crippen LogP contribution in [0, 0.1) is 6.92 Å². The van der Waals surface area contributed by atoms with Gasteiger partial charge < -0.3 is 10.1 Å². The number of hydrogen-bond acceptors (Lipinski definition) is 3. The summed E-state index contributed by atoms with van der Waals surface area (Å²) in [7, 11) is 0. The number of hydrogen-bond donors (Lipinski definition) is 1. The van der Waals surface area contributed by atoms with Crippen molar-refractivity contribution in [3.05, 3.63) is 41.7 Å². The van der Waals surface area contributed by atoms with Gasteiger partial charge in [-0.05, 0) is 51.5 Å². The number of ether oxygens (including phenoxy) is 1. The maximum atomic E-state index is 5.69. The van der Waals surface area contributed by atoms with Crippen molar-refractivity contribution < 1.29 is 4.74 Å². The zero-order valence-electron chi connectivity index (χ0n) is 12.7. The van der Waals surface area contributed by atoms with Crippen LogP contribution in [0.2, 0.25) is 0 Å². The van der Waals surface area contributed by atoms with E-state index in [4.69, 9.17) is 4.74 Å². The van der Waals surface area contributed by atoms with Crippen molar-refractivity contribution in [2.24, 2.45) is 0 Å². The number of rotatable bonds is 6. The molecule has 0 aliphatic heterocycles. The van der Waals surface area contributed by atoms with Crippen LogP contribution in [0.25, 0.3) is 0 Å². The maximum Gasteiger partial charge on any atom is 0.120 e. The van der Waals surface area contributed by atoms with Gasteiger partial charge in [0.15, 0.2) is 0 Å². The zero-order chi connectivity index (χ0) is 14.5. The summed E-state index contributed by atoms with van der Waals surface area (Å²) in [5, 5.41) is 7.71. The van der Waals surface area contributed by atoms with E-state index < -0.39 is 0 Å². The van der Waals surface area contributed by atoms with Gasteiger partial charge in [-0.3, -0.25) is 4.68 Å². The van der Waals surface area contributed by atoms with Gasteiger partial charge in [0.2, 0.25) is 0 Å². The number of nitrogens with zero attached hydrogens (tertiary/aromatic N) is 2. The molecule has 0 unspecified atom stereocenters. The van der Waals surface area contributed by atoms with Gasteiger partial charge in [0, 0.05) is 30.5 Å². The Kier molecular flexibility index (Phi) is 4.66. The quantitative estimate of drug-likeness (QED) is 0.874. The standard InChI is InChI=1S/C16H23N3O/c1-5-19-11-14(10-18-19)9-17-16-7-6-15(8-13(16)4)20-12(2)3/h6-8,10-12,17H,5,9H2,1-4H3. The van der Waals surface area contributed by atoms with Crippen LogP contribution in [-0.2, 0) is 13.1 Å². The van der Waals surface area contributed by atoms with E-state index in [1.165, 1.54) is 11.1 Å². The number of anilines is 1. The predicted octanol–water partition coefficient (Wildman–Crippen LogP) is 3.61. The lowest BCUT2D eigenvalue weighted by molar-refractivity contribution is 0.242. The van der Waals surface area contributed by atoms with Gasteiger partial charge in [0.25, 0.3) is 0 Å². The molecule has 0 saturated carbocycles. The summed E-state index contributed by atoms with van der Waals surface area (Å²) in [6.45, 7) is 9.93. The Morgan fingerprint density at radius 2 is 2.15 bits per heavy atom. The first kappa shape index (κ1) is 14.4. The van der Waals surface area contributed by atoms with E-state index in [2.05, 4.69) is 42.6 Å². The van der Waals surface area contributed by atoms with Gasteiger partial charge in [-0.2, -0.15) is 5.10 Å². The second-order valence-corrected chi connectivity index (χ2v) is 5.20. The van der Waals surface area contributed by atoms with Gasteiger partial charge in [-0.15, -0.1) is 0 Å². The summed E-state index contributed by atoms with van der Waals surface area (Å²) in [6, 6.07) is 6.14. The maximum absolute atomic E-state index is 5.69. The second-order valence-electron chi connectivity index (χ2n) is 5.20. The molecule has 20 heavy (non-hydrogen) atoms. The van der Waals surface area contributed by atoms with Crippen LogP contribution in [0.5, 0.6) is 5.75 Å². The highest BCUT2D eigenvalue weighted by molar-refractivity contribution is 5.53. The van der Waals surface area contributed by atoms with Gasteiger partial charge >= 0.3 is 0 Å². The molecule has 1 aromatic heterocycles. The Labute approximate surface area is 120 Å². The summed E-state index contributed by atoms with van der Waals surface area (Å²) in [5.74, 6) is 0.918. The lowest BCUT2D eigenvalue weighted by Gasteiger charge is -2.13. The molecule has 1 heterocycles. The summed E-state index contributed by atoms with van der Waals surface area (Å²) in [6.07, 6.45) is 4.17. The predicted molar refractivity (Wildman–Crippen MR) is 82.2 cm³/mol. The van der Waals surface area contributed by atoms with Gasteiger partial charge in [-0.1, -0.05) is 0 Å². The molecule has 0 saturated heterocycles. The molecule has 0 spiro atoms. The van der Waals surface area contributed by atoms with Crippen molar-refractivity contribution in [3.8, 4) is 5.75 Å². The first-order chi connectivity index (χ1) is 9.58. The van der Waals surface area contributed by atoms with Crippen LogP contribution in [-0.4, -0.2) is 15.9 Å². The average Bonchev–Trinajstić information content (AvgIpc) is 2.85. The SMILES string of the molecule is CCn1cc(CNc2ccc(OC(C)C)cc2C)cn1. The van der Waals surface area contributed by atoms with Gasteiger partial charge in [0.1, 0.15) is 5.75 Å². The molecule has 4 nitrogen and oxygen atoms in total. The van der Waals surface area contributed by atoms with Crippen LogP contribution >= 0.6 is 0 Å². The molecule has 0 radical (unpaired) electrons. The molecule has 2 aromatic rings. The number of aryl methyl sites for hydroxylation is 2. The summed E-state index contributed by atoms with van der Waals surface area (Å²) in [4.78, 5) is 0. The van der Waals surface area contributed by atoms with Gasteiger partial charge in [0.05, 0.1) is 12.3 Å². The van der Waals surface area contributed by atoms with Crippen LogP contribution < -0.4 is 10.1 Å². The Morgan fingerprint density at radius 3 is 2.75 bits per heavy atom. The third-order valence-corrected chi connectivity index (χ3v) is 3.06. The highest BCUT2D eigenvalue weighted by atomic mass is 16.5. The normalized spacial score (nSPS) is 10.8. The first-order valence-corrected chi connectivity index (χ1v) is 7.11. The molecule has 0 amide bonds. The fourth-order valence-corrected chi connectivity index (χ4v) is 2.05. The molecule has 1 aromatic carbocycles. The molecular weight excluding hydrogens is 250 g/mol. The molecule has 0 fully saturated rings. The molecular formula is C16H23N3O. The third-order valence-electron chi connectivity index (χ3n) is 3.06. The van der Waals surface area contributed by atoms with Crippen molar-refractivity contribution in [2.75, 3.05) is 5.32 Å². The van der Waals surface area contributed by atoms with Crippen LogP contribution in [0.15, 0.2) is 30.6 Å². The van der Waals surface area contributed by atoms with E-state index in [0.29, 0.717) is 0 Å². The van der Waals surface area contributed by atoms with E-state index in [9.17, 15) is 0 Å². The molecule has 0 bridgehead atoms. The Bertz CT molecular complexity index is 561. The Morgan fingerprint density at radius 1 is 1.35 bits per heavy atom. The minimum Gasteiger partial charge on any atom is -0.491 e. The van der Waals surface area contributed by atoms with Crippen LogP contribution in [0.3, 0.4) is 0 Å². The highest BCUT2D eigenvalue weighted by Gasteiger charge is 2.03. The van der Waals surface area contributed by atoms with E-state index >= 15 is 0 Å². The zero-order valence-corrected chi connectivity index (χ0v) is 12.7. The van der Waals surface area contributed by atoms with Crippen molar-refractivity contribution in [2.45, 2.75) is 46.9 Å². The molecule has 108 valence electrons. The fourth-order valence-electron chi connectivity index (χ4n) is 2.05. The number of nitrogens with one attached hydrogen (secondary N) is 1. The van der Waals surface area contributed by atoms with E-state index in [1.54, 1.807) is 0 Å². The van der Waals surface area contributed by atoms with E-state index in [0.717, 1.165) is 24.5 Å². The van der Waals surface area contributed by atoms with Crippen LogP contribution in [0.1, 0.15) is 31.9 Å². The number of aromatic nitrogens is 2. The molecule has 0 atom stereocenters. The molecule has 4 heteroatoms. The Balaban J connectivity index is 1.99. The highest BCUT2D eigenvalue weighted by Crippen LogP contribution is 2.22. The molecule has 1 N–H and O–H groups in total. The fraction of sp³-hybridized carbons (Fsp3) is 0.438. The van der Waals surface area contributed by atoms with Crippen molar-refractivity contribution in [1.29, 1.82) is 0 Å². The van der Waals surface area contributed by atoms with Crippen LogP contribution in [0.4, 0.5) is 5.69 Å². The van der Waals surface area contributed by atoms with Gasteiger partial charge in [-0.25, -0.2) is 0 Å². The molecule has 0 aliphatic carbocycles. The third kappa shape index (κ3) is 3.76. The number of benzene rings is 1. The molecule has 0 aliphatic rings. The molecule has 2 rings (SSSR count). The minimum absolute atomic E-state index is 0.202. The van der Waals surface area contributed by atoms with Crippen molar-refractivity contribution in [3.63, 3.8) is 0 Å². The Hall–Kier alpha value is -1.97. The summed E-state index contributed by atoms with van der Waals surface area (Å²) >= 11 is 0. The lowest BCUT2D eigenvalue weighted by Crippen LogP contribution is -2.06. The first-order valence-electron chi connectivity index (χ1n) is 7.11. The van der Waals surface area contributed by atoms with E-state index in [-0.39, 0.29) is 6.10 Å². The topological polar surface area (TPSA) is 39.1 Å². The summed E-state index contributed by atoms with van der Waals surface area (Å²) in [5.41, 5.74) is 3.50. The summed E-state index contributed by atoms with van der Waals surface area (Å²) < 4.78 is 7.62. The average molecular weight is 273 g/mol. The van der Waals surface area contributed by atoms with E-state index in [1.807, 2.05) is 30.8 Å².